The molecule has 0 aromatic carbocycles. The number of esters is 1. The van der Waals surface area contributed by atoms with Crippen molar-refractivity contribution in [1.29, 1.82) is 0 Å². The maximum Gasteiger partial charge on any atom is 0.407 e. The summed E-state index contributed by atoms with van der Waals surface area (Å²) in [6.07, 6.45) is -2.17. The van der Waals surface area contributed by atoms with Gasteiger partial charge in [0.1, 0.15) is 11.7 Å². The van der Waals surface area contributed by atoms with Crippen LogP contribution in [0.5, 0.6) is 0 Å². The molecule has 0 spiro atoms. The highest BCUT2D eigenvalue weighted by Crippen LogP contribution is 2.67. The van der Waals surface area contributed by atoms with Crippen LogP contribution < -0.4 is 5.32 Å². The molecule has 0 radical (unpaired) electrons. The van der Waals surface area contributed by atoms with Crippen LogP contribution in [0.15, 0.2) is 12.7 Å². The second kappa shape index (κ2) is 9.63. The molecule has 0 unspecified atom stereocenters. The van der Waals surface area contributed by atoms with E-state index in [1.54, 1.807) is 13.8 Å². The van der Waals surface area contributed by atoms with Gasteiger partial charge in [-0.3, -0.25) is 9.59 Å². The number of aliphatic hydroxyl groups is 2. The molecular formula is C27H44N2O8. The number of fused-ring (bicyclic) bond motifs is 3. The monoisotopic (exact) mass is 524 g/mol. The van der Waals surface area contributed by atoms with Gasteiger partial charge in [0, 0.05) is 37.8 Å². The van der Waals surface area contributed by atoms with Crippen molar-refractivity contribution in [2.45, 2.75) is 95.9 Å². The molecule has 1 amide bonds. The Kier molecular flexibility index (Phi) is 7.69. The molecule has 0 bridgehead atoms. The highest BCUT2D eigenvalue weighted by molar-refractivity contribution is 5.92. The quantitative estimate of drug-likeness (QED) is 0.351. The zero-order valence-electron chi connectivity index (χ0n) is 23.4. The lowest BCUT2D eigenvalue weighted by molar-refractivity contribution is -0.369. The summed E-state index contributed by atoms with van der Waals surface area (Å²) >= 11 is 0. The van der Waals surface area contributed by atoms with Gasteiger partial charge in [-0.25, -0.2) is 4.79 Å². The van der Waals surface area contributed by atoms with Crippen molar-refractivity contribution in [2.75, 3.05) is 27.2 Å². The van der Waals surface area contributed by atoms with Crippen LogP contribution in [0.4, 0.5) is 4.79 Å². The van der Waals surface area contributed by atoms with Crippen molar-refractivity contribution in [3.63, 3.8) is 0 Å². The molecular weight excluding hydrogens is 480 g/mol. The summed E-state index contributed by atoms with van der Waals surface area (Å²) in [5, 5.41) is 26.7. The minimum atomic E-state index is -2.26. The molecule has 37 heavy (non-hydrogen) atoms. The Labute approximate surface area is 219 Å². The van der Waals surface area contributed by atoms with E-state index in [1.165, 1.54) is 19.9 Å². The highest BCUT2D eigenvalue weighted by Gasteiger charge is 2.82. The van der Waals surface area contributed by atoms with Crippen molar-refractivity contribution < 1.29 is 38.8 Å². The number of carbonyl (C=O) groups is 3. The maximum atomic E-state index is 14.0. The number of hydrogen-bond acceptors (Lipinski definition) is 9. The van der Waals surface area contributed by atoms with Gasteiger partial charge in [-0.1, -0.05) is 26.8 Å². The predicted molar refractivity (Wildman–Crippen MR) is 136 cm³/mol. The molecule has 3 fully saturated rings. The number of alkyl carbamates (subject to hydrolysis) is 1. The highest BCUT2D eigenvalue weighted by atomic mass is 16.6. The van der Waals surface area contributed by atoms with Gasteiger partial charge in [-0.15, -0.1) is 6.58 Å². The number of nitrogens with one attached hydrogen (secondary N) is 1. The number of hydrogen-bond donors (Lipinski definition) is 3. The lowest BCUT2D eigenvalue weighted by Crippen LogP contribution is -2.87. The first-order valence-corrected chi connectivity index (χ1v) is 12.9. The van der Waals surface area contributed by atoms with Gasteiger partial charge in [0.15, 0.2) is 17.5 Å². The lowest BCUT2D eigenvalue weighted by atomic mass is 9.39. The number of ketones is 1. The predicted octanol–water partition coefficient (Wildman–Crippen LogP) is 1.82. The number of rotatable bonds is 6. The Morgan fingerprint density at radius 1 is 1.22 bits per heavy atom. The molecule has 3 rings (SSSR count). The van der Waals surface area contributed by atoms with Crippen molar-refractivity contribution in [1.82, 2.24) is 10.2 Å². The van der Waals surface area contributed by atoms with Crippen LogP contribution in [0.25, 0.3) is 0 Å². The van der Waals surface area contributed by atoms with Crippen LogP contribution in [0.2, 0.25) is 0 Å². The van der Waals surface area contributed by atoms with Crippen LogP contribution in [0.1, 0.15) is 60.8 Å². The first-order chi connectivity index (χ1) is 16.9. The van der Waals surface area contributed by atoms with E-state index < -0.39 is 69.7 Å². The second-order valence-corrected chi connectivity index (χ2v) is 12.5. The molecule has 1 saturated heterocycles. The smallest absolute Gasteiger partial charge is 0.407 e. The molecule has 1 aliphatic heterocycles. The molecule has 8 atom stereocenters. The average molecular weight is 525 g/mol. The standard InChI is InChI=1S/C27H44N2O8/c1-10-24(5)15-18(32)27(34)25(6)17(31)11-12-23(3,4)20(25)19(36-22(33)28-13-14-29(8)9)21(35-16(2)30)26(27,7)37-24/h10,17,19-21,31,34H,1,11-15H2,2-9H3,(H,28,33)/t17-,19-,20-,21-,24-,25-,26+,27-/m0/s1. The molecule has 2 saturated carbocycles. The topological polar surface area (TPSA) is 135 Å². The molecule has 3 N–H and O–H groups in total. The van der Waals surface area contributed by atoms with Gasteiger partial charge >= 0.3 is 12.1 Å². The maximum absolute atomic E-state index is 14.0. The molecule has 3 aliphatic rings. The molecule has 0 aromatic rings. The Morgan fingerprint density at radius 3 is 2.38 bits per heavy atom. The van der Waals surface area contributed by atoms with E-state index in [0.717, 1.165) is 0 Å². The van der Waals surface area contributed by atoms with Crippen LogP contribution in [-0.4, -0.2) is 95.3 Å². The van der Waals surface area contributed by atoms with Gasteiger partial charge < -0.3 is 34.6 Å². The minimum absolute atomic E-state index is 0.179. The van der Waals surface area contributed by atoms with Crippen LogP contribution in [0, 0.1) is 16.7 Å². The van der Waals surface area contributed by atoms with Gasteiger partial charge in [-0.05, 0) is 46.2 Å². The Morgan fingerprint density at radius 2 is 1.84 bits per heavy atom. The van der Waals surface area contributed by atoms with Gasteiger partial charge in [0.05, 0.1) is 11.7 Å². The summed E-state index contributed by atoms with van der Waals surface area (Å²) in [7, 11) is 3.75. The lowest BCUT2D eigenvalue weighted by Gasteiger charge is -2.71. The zero-order valence-corrected chi connectivity index (χ0v) is 23.4. The Bertz CT molecular complexity index is 953. The molecule has 0 aromatic heterocycles. The molecule has 2 aliphatic carbocycles. The Hall–Kier alpha value is -2.01. The fourth-order valence-electron chi connectivity index (χ4n) is 7.29. The van der Waals surface area contributed by atoms with Crippen molar-refractivity contribution in [2.24, 2.45) is 16.7 Å². The van der Waals surface area contributed by atoms with E-state index >= 15 is 0 Å². The van der Waals surface area contributed by atoms with E-state index in [2.05, 4.69) is 11.9 Å². The summed E-state index contributed by atoms with van der Waals surface area (Å²) in [5.74, 6) is -1.99. The Balaban J connectivity index is 2.24. The normalized spacial score (nSPS) is 42.8. The van der Waals surface area contributed by atoms with E-state index in [9.17, 15) is 24.6 Å². The molecule has 210 valence electrons. The van der Waals surface area contributed by atoms with Crippen molar-refractivity contribution in [3.8, 4) is 0 Å². The van der Waals surface area contributed by atoms with Gasteiger partial charge in [0.25, 0.3) is 0 Å². The second-order valence-electron chi connectivity index (χ2n) is 12.5. The molecule has 1 heterocycles. The van der Waals surface area contributed by atoms with E-state index in [0.29, 0.717) is 25.9 Å². The molecule has 10 heteroatoms. The van der Waals surface area contributed by atoms with Crippen LogP contribution in [0.3, 0.4) is 0 Å². The number of nitrogens with zero attached hydrogens (tertiary/aromatic N) is 1. The number of carbonyl (C=O) groups excluding carboxylic acids is 3. The summed E-state index contributed by atoms with van der Waals surface area (Å²) in [4.78, 5) is 41.3. The van der Waals surface area contributed by atoms with Gasteiger partial charge in [-0.2, -0.15) is 0 Å². The summed E-state index contributed by atoms with van der Waals surface area (Å²) in [6.45, 7) is 14.6. The van der Waals surface area contributed by atoms with Crippen molar-refractivity contribution in [3.05, 3.63) is 12.7 Å². The van der Waals surface area contributed by atoms with E-state index in [-0.39, 0.29) is 6.42 Å². The fourth-order valence-corrected chi connectivity index (χ4v) is 7.29. The third kappa shape index (κ3) is 4.49. The first-order valence-electron chi connectivity index (χ1n) is 12.9. The number of Topliss-reactive ketones (excluding diaryl/α,β-unsaturated/α-hetero) is 1. The minimum Gasteiger partial charge on any atom is -0.455 e. The number of aliphatic hydroxyl groups excluding tert-OH is 1. The summed E-state index contributed by atoms with van der Waals surface area (Å²) in [5.41, 5.74) is -7.42. The van der Waals surface area contributed by atoms with Crippen LogP contribution in [-0.2, 0) is 23.8 Å². The average Bonchev–Trinajstić information content (AvgIpc) is 2.76. The SMILES string of the molecule is C=C[C@@]1(C)CC(=O)[C@]2(O)[C@@]3(C)[C@@H](O)CCC(C)(C)[C@@H]3[C@H](OC(=O)NCCN(C)C)[C@H](OC(C)=O)[C@@]2(C)O1. The fraction of sp³-hybridized carbons (Fsp3) is 0.815. The van der Waals surface area contributed by atoms with Crippen molar-refractivity contribution >= 4 is 17.8 Å². The number of amides is 1. The third-order valence-electron chi connectivity index (χ3n) is 9.07. The summed E-state index contributed by atoms with van der Waals surface area (Å²) in [6, 6.07) is 0. The summed E-state index contributed by atoms with van der Waals surface area (Å²) < 4.78 is 18.3. The van der Waals surface area contributed by atoms with Crippen LogP contribution >= 0.6 is 0 Å². The van der Waals surface area contributed by atoms with Gasteiger partial charge in [0.2, 0.25) is 0 Å². The number of ether oxygens (including phenoxy) is 3. The zero-order chi connectivity index (χ0) is 28.2. The number of likely N-dealkylation sites (N-methyl/N-ethyl adjacent to an activating group) is 1. The largest absolute Gasteiger partial charge is 0.455 e. The molecule has 10 nitrogen and oxygen atoms in total. The third-order valence-corrected chi connectivity index (χ3v) is 9.07. The van der Waals surface area contributed by atoms with E-state index in [1.807, 2.05) is 32.8 Å². The van der Waals surface area contributed by atoms with E-state index in [4.69, 9.17) is 14.2 Å². The first kappa shape index (κ1) is 29.5.